The number of nitrogens with one attached hydrogen (secondary N) is 3. The first-order valence-electron chi connectivity index (χ1n) is 12.7. The van der Waals surface area contributed by atoms with Crippen molar-refractivity contribution in [1.29, 1.82) is 0 Å². The van der Waals surface area contributed by atoms with E-state index in [1.54, 1.807) is 0 Å². The molecule has 9 nitrogen and oxygen atoms in total. The molecule has 2 fully saturated rings. The summed E-state index contributed by atoms with van der Waals surface area (Å²) in [5.74, 6) is 1.72. The van der Waals surface area contributed by atoms with Crippen molar-refractivity contribution >= 4 is 11.5 Å². The standard InChI is InChI=1S/C26H32IN8O/c1-3-22(33-25(4-1)32-20-5-8-28-16-20)23-17-29-26-13-24(21(18-35(23)26)19-14-30-31-15-19)36-12-11-34-9-2-6-27-7-10-34/h1,3-4,13-15,17-18,20,28H,2,5-12,16H2,(H,30,31)(H,32,33)/q-1. The third-order valence-corrected chi connectivity index (χ3v) is 9.55. The third kappa shape index (κ3) is 5.35. The predicted octanol–water partition coefficient (Wildman–Crippen LogP) is -0.266. The van der Waals surface area contributed by atoms with E-state index in [0.717, 1.165) is 65.8 Å². The second-order valence-corrected chi connectivity index (χ2v) is 12.5. The van der Waals surface area contributed by atoms with E-state index in [-0.39, 0.29) is 0 Å². The summed E-state index contributed by atoms with van der Waals surface area (Å²) >= 11 is 0.409. The molecular weight excluding hydrogens is 567 g/mol. The van der Waals surface area contributed by atoms with Crippen LogP contribution >= 0.6 is 0 Å². The Morgan fingerprint density at radius 2 is 2.19 bits per heavy atom. The van der Waals surface area contributed by atoms with Gasteiger partial charge in [0, 0.05) is 12.6 Å². The predicted molar refractivity (Wildman–Crippen MR) is 137 cm³/mol. The van der Waals surface area contributed by atoms with Crippen molar-refractivity contribution in [3.63, 3.8) is 0 Å². The maximum atomic E-state index is 6.36. The SMILES string of the molecule is c1cc(NC2CCNC2)nc(-c2cnc3cc(OCCN4CCC[I-]CC4)c(-c4cn[nH]c4)cn23)c1. The Labute approximate surface area is 221 Å². The van der Waals surface area contributed by atoms with Crippen molar-refractivity contribution in [3.8, 4) is 28.3 Å². The number of aromatic amines is 1. The summed E-state index contributed by atoms with van der Waals surface area (Å²) < 4.78 is 11.3. The van der Waals surface area contributed by atoms with Gasteiger partial charge in [0.25, 0.3) is 0 Å². The van der Waals surface area contributed by atoms with Gasteiger partial charge in [-0.3, -0.25) is 0 Å². The van der Waals surface area contributed by atoms with Gasteiger partial charge in [-0.05, 0) is 25.1 Å². The molecule has 3 N–H and O–H groups in total. The number of nitrogens with zero attached hydrogens (tertiary/aromatic N) is 5. The van der Waals surface area contributed by atoms with Crippen molar-refractivity contribution < 1.29 is 25.9 Å². The molecule has 2 saturated heterocycles. The summed E-state index contributed by atoms with van der Waals surface area (Å²) in [4.78, 5) is 12.2. The van der Waals surface area contributed by atoms with Gasteiger partial charge < -0.3 is 10.6 Å². The minimum atomic E-state index is 0.409. The number of hydrogen-bond acceptors (Lipinski definition) is 7. The zero-order valence-corrected chi connectivity index (χ0v) is 22.4. The van der Waals surface area contributed by atoms with Crippen LogP contribution in [0.15, 0.2) is 49.1 Å². The number of halogens is 1. The summed E-state index contributed by atoms with van der Waals surface area (Å²) in [6.45, 7) is 6.05. The fraction of sp³-hybridized carbons (Fsp3) is 0.423. The number of H-pyrrole nitrogens is 1. The van der Waals surface area contributed by atoms with Gasteiger partial charge in [-0.25, -0.2) is 4.98 Å². The monoisotopic (exact) mass is 599 g/mol. The van der Waals surface area contributed by atoms with Crippen molar-refractivity contribution in [2.24, 2.45) is 0 Å². The Hall–Kier alpha value is -2.70. The van der Waals surface area contributed by atoms with Crippen LogP contribution in [0.3, 0.4) is 0 Å². The molecule has 6 heterocycles. The molecule has 2 aliphatic rings. The number of imidazole rings is 1. The number of pyridine rings is 2. The van der Waals surface area contributed by atoms with Crippen LogP contribution < -0.4 is 36.6 Å². The maximum Gasteiger partial charge on any atom is -0.0340 e. The van der Waals surface area contributed by atoms with Crippen molar-refractivity contribution in [2.45, 2.75) is 18.9 Å². The Bertz CT molecular complexity index is 1280. The molecule has 36 heavy (non-hydrogen) atoms. The van der Waals surface area contributed by atoms with Gasteiger partial charge in [-0.1, -0.05) is 6.07 Å². The first kappa shape index (κ1) is 23.7. The van der Waals surface area contributed by atoms with Crippen LogP contribution in [0.4, 0.5) is 5.82 Å². The number of ether oxygens (including phenoxy) is 1. The third-order valence-electron chi connectivity index (χ3n) is 6.78. The van der Waals surface area contributed by atoms with E-state index in [9.17, 15) is 0 Å². The van der Waals surface area contributed by atoms with E-state index in [4.69, 9.17) is 14.7 Å². The molecule has 0 bridgehead atoms. The normalized spacial score (nSPS) is 19.2. The number of fused-ring (bicyclic) bond motifs is 1. The van der Waals surface area contributed by atoms with Gasteiger partial charge in [-0.15, -0.1) is 0 Å². The van der Waals surface area contributed by atoms with Crippen LogP contribution in [0.1, 0.15) is 12.8 Å². The minimum Gasteiger partial charge on any atom is -0.0340 e. The number of aromatic nitrogens is 5. The molecule has 6 rings (SSSR count). The van der Waals surface area contributed by atoms with Crippen molar-refractivity contribution in [1.82, 2.24) is 34.8 Å². The zero-order valence-electron chi connectivity index (χ0n) is 20.3. The average molecular weight is 600 g/mol. The van der Waals surface area contributed by atoms with Crippen LogP contribution in [0.25, 0.3) is 28.2 Å². The quantitative estimate of drug-likeness (QED) is 0.190. The molecule has 1 unspecified atom stereocenters. The van der Waals surface area contributed by atoms with E-state index in [1.807, 2.05) is 42.9 Å². The molecular formula is C26H32IN8O-. The van der Waals surface area contributed by atoms with Crippen LogP contribution in [0, 0.1) is 0 Å². The van der Waals surface area contributed by atoms with E-state index in [2.05, 4.69) is 36.3 Å². The van der Waals surface area contributed by atoms with Crippen LogP contribution in [-0.4, -0.2) is 83.7 Å². The van der Waals surface area contributed by atoms with Gasteiger partial charge in [-0.2, -0.15) is 0 Å². The topological polar surface area (TPSA) is 95.4 Å². The van der Waals surface area contributed by atoms with Crippen LogP contribution in [0.2, 0.25) is 0 Å². The Morgan fingerprint density at radius 1 is 1.19 bits per heavy atom. The molecule has 1 atom stereocenters. The summed E-state index contributed by atoms with van der Waals surface area (Å²) in [5, 5.41) is 14.1. The molecule has 4 aromatic heterocycles. The first-order chi connectivity index (χ1) is 17.8. The molecule has 2 aliphatic heterocycles. The van der Waals surface area contributed by atoms with Gasteiger partial charge >= 0.3 is 157 Å². The Kier molecular flexibility index (Phi) is 7.33. The molecule has 10 heteroatoms. The van der Waals surface area contributed by atoms with Gasteiger partial charge in [0.2, 0.25) is 0 Å². The van der Waals surface area contributed by atoms with Crippen LogP contribution in [-0.2, 0) is 0 Å². The summed E-state index contributed by atoms with van der Waals surface area (Å²) in [5.41, 5.74) is 4.65. The largest absolute Gasteiger partial charge is 0.0340 e. The Balaban J connectivity index is 1.27. The summed E-state index contributed by atoms with van der Waals surface area (Å²) in [6, 6.07) is 8.56. The van der Waals surface area contributed by atoms with Crippen molar-refractivity contribution in [3.05, 3.63) is 49.1 Å². The molecule has 0 aromatic carbocycles. The van der Waals surface area contributed by atoms with Gasteiger partial charge in [0.15, 0.2) is 0 Å². The van der Waals surface area contributed by atoms with E-state index >= 15 is 0 Å². The van der Waals surface area contributed by atoms with E-state index < -0.39 is 0 Å². The number of anilines is 1. The van der Waals surface area contributed by atoms with Crippen LogP contribution in [0.5, 0.6) is 5.75 Å². The molecule has 0 saturated carbocycles. The molecule has 0 aliphatic carbocycles. The van der Waals surface area contributed by atoms with Crippen molar-refractivity contribution in [2.75, 3.05) is 53.5 Å². The molecule has 0 spiro atoms. The number of rotatable bonds is 8. The smallest absolute Gasteiger partial charge is 0.0340 e. The average Bonchev–Trinajstić information content (AvgIpc) is 3.65. The second-order valence-electron chi connectivity index (χ2n) is 9.26. The minimum absolute atomic E-state index is 0.409. The summed E-state index contributed by atoms with van der Waals surface area (Å²) in [6.07, 6.45) is 10.2. The number of hydrogen-bond donors (Lipinski definition) is 3. The molecule has 0 amide bonds. The molecule has 190 valence electrons. The Morgan fingerprint density at radius 3 is 3.08 bits per heavy atom. The molecule has 0 radical (unpaired) electrons. The second kappa shape index (κ2) is 11.1. The van der Waals surface area contributed by atoms with Gasteiger partial charge in [0.1, 0.15) is 5.82 Å². The van der Waals surface area contributed by atoms with Gasteiger partial charge in [0.05, 0.1) is 0 Å². The number of alkyl halides is 2. The van der Waals surface area contributed by atoms with E-state index in [0.29, 0.717) is 33.9 Å². The van der Waals surface area contributed by atoms with E-state index in [1.165, 1.54) is 28.4 Å². The maximum absolute atomic E-state index is 6.36. The zero-order chi connectivity index (χ0) is 24.2. The first-order valence-corrected chi connectivity index (χ1v) is 15.7. The summed E-state index contributed by atoms with van der Waals surface area (Å²) in [7, 11) is 0. The fourth-order valence-corrected chi connectivity index (χ4v) is 7.29. The molecule has 4 aromatic rings. The fourth-order valence-electron chi connectivity index (χ4n) is 4.85.